The quantitative estimate of drug-likeness (QED) is 0.274. The molecule has 0 atom stereocenters. The van der Waals surface area contributed by atoms with Gasteiger partial charge in [-0.3, -0.25) is 19.2 Å². The van der Waals surface area contributed by atoms with E-state index in [1.165, 1.54) is 43.3 Å². The summed E-state index contributed by atoms with van der Waals surface area (Å²) in [7, 11) is 0. The highest BCUT2D eigenvalue weighted by molar-refractivity contribution is 5.92. The fourth-order valence-corrected chi connectivity index (χ4v) is 3.44. The number of anilines is 1. The van der Waals surface area contributed by atoms with Gasteiger partial charge < -0.3 is 20.3 Å². The minimum atomic E-state index is -0.782. The predicted molar refractivity (Wildman–Crippen MR) is 120 cm³/mol. The van der Waals surface area contributed by atoms with Crippen LogP contribution in [0.3, 0.4) is 0 Å². The number of nitrogens with one attached hydrogen (secondary N) is 1. The SMILES string of the molecule is CC(=O)OCC(=O)Nc1cccc(C(c2cc(C=O)ccc2O)c2cc(C=O)ccc2O)c1. The van der Waals surface area contributed by atoms with Crippen molar-refractivity contribution in [1.82, 2.24) is 0 Å². The van der Waals surface area contributed by atoms with Crippen molar-refractivity contribution >= 4 is 30.1 Å². The van der Waals surface area contributed by atoms with Crippen molar-refractivity contribution in [2.75, 3.05) is 11.9 Å². The summed E-state index contributed by atoms with van der Waals surface area (Å²) in [5.41, 5.74) is 2.20. The molecule has 0 saturated carbocycles. The van der Waals surface area contributed by atoms with Gasteiger partial charge in [0.1, 0.15) is 24.1 Å². The van der Waals surface area contributed by atoms with Gasteiger partial charge in [-0.1, -0.05) is 12.1 Å². The number of aromatic hydroxyl groups is 2. The minimum absolute atomic E-state index is 0.120. The molecule has 0 fully saturated rings. The Kier molecular flexibility index (Phi) is 7.20. The number of benzene rings is 3. The van der Waals surface area contributed by atoms with Crippen LogP contribution in [0.2, 0.25) is 0 Å². The van der Waals surface area contributed by atoms with Crippen molar-refractivity contribution in [3.63, 3.8) is 0 Å². The van der Waals surface area contributed by atoms with Crippen LogP contribution in [0, 0.1) is 0 Å². The van der Waals surface area contributed by atoms with Crippen molar-refractivity contribution in [2.45, 2.75) is 12.8 Å². The summed E-state index contributed by atoms with van der Waals surface area (Å²) in [4.78, 5) is 45.7. The van der Waals surface area contributed by atoms with Crippen molar-refractivity contribution in [3.05, 3.63) is 88.5 Å². The summed E-state index contributed by atoms with van der Waals surface area (Å²) < 4.78 is 4.69. The average Bonchev–Trinajstić information content (AvgIpc) is 2.80. The molecule has 168 valence electrons. The van der Waals surface area contributed by atoms with E-state index in [0.717, 1.165) is 0 Å². The predicted octanol–water partition coefficient (Wildman–Crippen LogP) is 3.40. The molecule has 0 radical (unpaired) electrons. The molecular weight excluding hydrogens is 426 g/mol. The van der Waals surface area contributed by atoms with Crippen LogP contribution in [-0.2, 0) is 14.3 Å². The molecule has 0 aliphatic heterocycles. The lowest BCUT2D eigenvalue weighted by Crippen LogP contribution is -2.20. The van der Waals surface area contributed by atoms with E-state index in [4.69, 9.17) is 4.74 Å². The number of carbonyl (C=O) groups is 4. The molecule has 0 saturated heterocycles. The van der Waals surface area contributed by atoms with E-state index in [9.17, 15) is 29.4 Å². The Bertz CT molecular complexity index is 1160. The van der Waals surface area contributed by atoms with E-state index >= 15 is 0 Å². The normalized spacial score (nSPS) is 10.5. The van der Waals surface area contributed by atoms with E-state index in [1.54, 1.807) is 24.3 Å². The van der Waals surface area contributed by atoms with Gasteiger partial charge in [0, 0.05) is 40.8 Å². The Morgan fingerprint density at radius 3 is 2.00 bits per heavy atom. The Morgan fingerprint density at radius 2 is 1.48 bits per heavy atom. The molecule has 1 amide bonds. The molecule has 3 rings (SSSR count). The first-order valence-electron chi connectivity index (χ1n) is 9.91. The lowest BCUT2D eigenvalue weighted by atomic mass is 9.83. The number of esters is 1. The highest BCUT2D eigenvalue weighted by atomic mass is 16.5. The molecular formula is C25H21NO7. The topological polar surface area (TPSA) is 130 Å². The molecule has 0 unspecified atom stereocenters. The smallest absolute Gasteiger partial charge is 0.303 e. The zero-order valence-electron chi connectivity index (χ0n) is 17.6. The second kappa shape index (κ2) is 10.2. The van der Waals surface area contributed by atoms with Crippen LogP contribution in [0.25, 0.3) is 0 Å². The van der Waals surface area contributed by atoms with Crippen LogP contribution in [0.5, 0.6) is 11.5 Å². The summed E-state index contributed by atoms with van der Waals surface area (Å²) in [6, 6.07) is 15.3. The molecule has 0 bridgehead atoms. The lowest BCUT2D eigenvalue weighted by Gasteiger charge is -2.22. The number of rotatable bonds is 8. The molecule has 8 heteroatoms. The molecule has 0 heterocycles. The first kappa shape index (κ1) is 23.2. The highest BCUT2D eigenvalue weighted by Crippen LogP contribution is 2.41. The van der Waals surface area contributed by atoms with E-state index in [1.807, 2.05) is 0 Å². The Balaban J connectivity index is 2.12. The van der Waals surface area contributed by atoms with E-state index in [2.05, 4.69) is 5.32 Å². The summed E-state index contributed by atoms with van der Waals surface area (Å²) >= 11 is 0. The van der Waals surface area contributed by atoms with Crippen molar-refractivity contribution in [3.8, 4) is 11.5 Å². The van der Waals surface area contributed by atoms with Gasteiger partial charge in [0.15, 0.2) is 6.61 Å². The third-order valence-electron chi connectivity index (χ3n) is 4.91. The van der Waals surface area contributed by atoms with Gasteiger partial charge in [-0.25, -0.2) is 0 Å². The van der Waals surface area contributed by atoms with Crippen LogP contribution in [0.4, 0.5) is 5.69 Å². The van der Waals surface area contributed by atoms with Gasteiger partial charge in [0.25, 0.3) is 5.91 Å². The number of phenols is 2. The van der Waals surface area contributed by atoms with Gasteiger partial charge >= 0.3 is 5.97 Å². The third kappa shape index (κ3) is 5.62. The van der Waals surface area contributed by atoms with Crippen LogP contribution >= 0.6 is 0 Å². The van der Waals surface area contributed by atoms with Crippen molar-refractivity contribution in [1.29, 1.82) is 0 Å². The maximum absolute atomic E-state index is 12.1. The number of ether oxygens (including phenoxy) is 1. The maximum atomic E-state index is 12.1. The molecule has 0 spiro atoms. The van der Waals surface area contributed by atoms with E-state index in [-0.39, 0.29) is 11.5 Å². The van der Waals surface area contributed by atoms with E-state index < -0.39 is 24.4 Å². The zero-order chi connectivity index (χ0) is 24.0. The molecule has 0 aliphatic carbocycles. The zero-order valence-corrected chi connectivity index (χ0v) is 17.6. The summed E-state index contributed by atoms with van der Waals surface area (Å²) in [5.74, 6) is -2.16. The van der Waals surface area contributed by atoms with Crippen molar-refractivity contribution in [2.24, 2.45) is 0 Å². The maximum Gasteiger partial charge on any atom is 0.303 e. The highest BCUT2D eigenvalue weighted by Gasteiger charge is 2.24. The first-order valence-corrected chi connectivity index (χ1v) is 9.91. The first-order chi connectivity index (χ1) is 15.8. The number of amides is 1. The molecule has 3 N–H and O–H groups in total. The molecule has 33 heavy (non-hydrogen) atoms. The van der Waals surface area contributed by atoms with Gasteiger partial charge in [-0.05, 0) is 54.1 Å². The Labute approximate surface area is 189 Å². The largest absolute Gasteiger partial charge is 0.508 e. The monoisotopic (exact) mass is 447 g/mol. The number of hydrogen-bond donors (Lipinski definition) is 3. The second-order valence-corrected chi connectivity index (χ2v) is 7.26. The molecule has 0 aromatic heterocycles. The average molecular weight is 447 g/mol. The number of aldehydes is 2. The number of phenolic OH excluding ortho intramolecular Hbond substituents is 2. The molecule has 3 aromatic carbocycles. The van der Waals surface area contributed by atoms with Gasteiger partial charge in [-0.2, -0.15) is 0 Å². The van der Waals surface area contributed by atoms with Crippen molar-refractivity contribution < 1.29 is 34.1 Å². The van der Waals surface area contributed by atoms with E-state index in [0.29, 0.717) is 46.1 Å². The van der Waals surface area contributed by atoms with Crippen LogP contribution in [-0.4, -0.2) is 41.3 Å². The third-order valence-corrected chi connectivity index (χ3v) is 4.91. The van der Waals surface area contributed by atoms with Crippen LogP contribution < -0.4 is 5.32 Å². The number of hydrogen-bond acceptors (Lipinski definition) is 7. The minimum Gasteiger partial charge on any atom is -0.508 e. The van der Waals surface area contributed by atoms with Crippen LogP contribution in [0.1, 0.15) is 50.2 Å². The summed E-state index contributed by atoms with van der Waals surface area (Å²) in [6.45, 7) is 0.742. The summed E-state index contributed by atoms with van der Waals surface area (Å²) in [6.07, 6.45) is 1.26. The second-order valence-electron chi connectivity index (χ2n) is 7.26. The summed E-state index contributed by atoms with van der Waals surface area (Å²) in [5, 5.41) is 23.8. The standard InChI is InChI=1S/C25H21NO7/c1-15(29)33-14-24(32)26-19-4-2-3-18(11-19)25(20-9-16(12-27)5-7-22(20)30)21-10-17(13-28)6-8-23(21)31/h2-13,25,30-31H,14H2,1H3,(H,26,32). The van der Waals surface area contributed by atoms with Gasteiger partial charge in [0.2, 0.25) is 0 Å². The van der Waals surface area contributed by atoms with Crippen LogP contribution in [0.15, 0.2) is 60.7 Å². The number of carbonyl (C=O) groups excluding carboxylic acids is 4. The molecule has 3 aromatic rings. The fraction of sp³-hybridized carbons (Fsp3) is 0.120. The lowest BCUT2D eigenvalue weighted by molar-refractivity contribution is -0.144. The van der Waals surface area contributed by atoms with Gasteiger partial charge in [-0.15, -0.1) is 0 Å². The molecule has 8 nitrogen and oxygen atoms in total. The fourth-order valence-electron chi connectivity index (χ4n) is 3.44. The Hall–Kier alpha value is -4.46. The van der Waals surface area contributed by atoms with Gasteiger partial charge in [0.05, 0.1) is 0 Å². The Morgan fingerprint density at radius 1 is 0.909 bits per heavy atom. The molecule has 0 aliphatic rings.